The normalized spacial score (nSPS) is 34.8. The van der Waals surface area contributed by atoms with Crippen LogP contribution in [-0.2, 0) is 4.74 Å². The van der Waals surface area contributed by atoms with Gasteiger partial charge in [0.2, 0.25) is 0 Å². The SMILES string of the molecule is CN(C(=O)OC(C)(C)C)C1CC2(CCC(O)CC2)C1. The van der Waals surface area contributed by atoms with Crippen molar-refractivity contribution in [2.24, 2.45) is 5.41 Å². The van der Waals surface area contributed by atoms with Crippen molar-refractivity contribution < 1.29 is 14.6 Å². The Morgan fingerprint density at radius 3 is 2.26 bits per heavy atom. The van der Waals surface area contributed by atoms with Crippen molar-refractivity contribution >= 4 is 6.09 Å². The van der Waals surface area contributed by atoms with E-state index in [9.17, 15) is 9.90 Å². The number of carbonyl (C=O) groups is 1. The summed E-state index contributed by atoms with van der Waals surface area (Å²) in [5.74, 6) is 0. The Balaban J connectivity index is 1.81. The van der Waals surface area contributed by atoms with Gasteiger partial charge in [-0.25, -0.2) is 4.79 Å². The van der Waals surface area contributed by atoms with Crippen LogP contribution in [0.2, 0.25) is 0 Å². The Morgan fingerprint density at radius 2 is 1.79 bits per heavy atom. The summed E-state index contributed by atoms with van der Waals surface area (Å²) in [5, 5.41) is 9.57. The van der Waals surface area contributed by atoms with Gasteiger partial charge in [-0.15, -0.1) is 0 Å². The fourth-order valence-electron chi connectivity index (χ4n) is 3.32. The zero-order valence-corrected chi connectivity index (χ0v) is 12.6. The van der Waals surface area contributed by atoms with E-state index >= 15 is 0 Å². The molecule has 2 aliphatic rings. The first-order valence-electron chi connectivity index (χ1n) is 7.35. The molecule has 2 fully saturated rings. The standard InChI is InChI=1S/C15H27NO3/c1-14(2,3)19-13(18)16(4)11-9-15(10-11)7-5-12(17)6-8-15/h11-12,17H,5-10H2,1-4H3. The van der Waals surface area contributed by atoms with Crippen molar-refractivity contribution in [3.63, 3.8) is 0 Å². The molecule has 19 heavy (non-hydrogen) atoms. The van der Waals surface area contributed by atoms with Crippen LogP contribution in [0.4, 0.5) is 4.79 Å². The summed E-state index contributed by atoms with van der Waals surface area (Å²) in [5.41, 5.74) is -0.0398. The Morgan fingerprint density at radius 1 is 1.26 bits per heavy atom. The lowest BCUT2D eigenvalue weighted by Gasteiger charge is -2.53. The summed E-state index contributed by atoms with van der Waals surface area (Å²) >= 11 is 0. The van der Waals surface area contributed by atoms with Gasteiger partial charge in [0, 0.05) is 13.1 Å². The maximum absolute atomic E-state index is 12.0. The number of amides is 1. The molecule has 0 atom stereocenters. The van der Waals surface area contributed by atoms with Gasteiger partial charge >= 0.3 is 6.09 Å². The van der Waals surface area contributed by atoms with Gasteiger partial charge in [-0.1, -0.05) is 0 Å². The molecule has 0 heterocycles. The molecule has 4 nitrogen and oxygen atoms in total. The van der Waals surface area contributed by atoms with Crippen molar-refractivity contribution in [2.75, 3.05) is 7.05 Å². The van der Waals surface area contributed by atoms with Gasteiger partial charge in [0.15, 0.2) is 0 Å². The number of hydrogen-bond donors (Lipinski definition) is 1. The molecule has 0 aromatic heterocycles. The first-order valence-corrected chi connectivity index (χ1v) is 7.35. The maximum Gasteiger partial charge on any atom is 0.410 e. The molecular weight excluding hydrogens is 242 g/mol. The van der Waals surface area contributed by atoms with Crippen LogP contribution in [0, 0.1) is 5.41 Å². The molecule has 2 saturated carbocycles. The zero-order chi connectivity index (χ0) is 14.3. The van der Waals surface area contributed by atoms with E-state index in [0.717, 1.165) is 38.5 Å². The van der Waals surface area contributed by atoms with E-state index in [1.165, 1.54) is 0 Å². The molecule has 2 aliphatic carbocycles. The van der Waals surface area contributed by atoms with E-state index in [-0.39, 0.29) is 12.2 Å². The van der Waals surface area contributed by atoms with Gasteiger partial charge in [0.1, 0.15) is 5.60 Å². The predicted molar refractivity (Wildman–Crippen MR) is 73.9 cm³/mol. The summed E-state index contributed by atoms with van der Waals surface area (Å²) in [7, 11) is 1.84. The van der Waals surface area contributed by atoms with Gasteiger partial charge in [0.25, 0.3) is 0 Å². The van der Waals surface area contributed by atoms with Crippen LogP contribution in [-0.4, -0.2) is 40.9 Å². The second-order valence-electron chi connectivity index (χ2n) is 7.38. The van der Waals surface area contributed by atoms with Crippen LogP contribution in [0.15, 0.2) is 0 Å². The summed E-state index contributed by atoms with van der Waals surface area (Å²) in [6, 6.07) is 0.310. The fraction of sp³-hybridized carbons (Fsp3) is 0.933. The van der Waals surface area contributed by atoms with E-state index in [0.29, 0.717) is 11.5 Å². The Labute approximate surface area is 116 Å². The fourth-order valence-corrected chi connectivity index (χ4v) is 3.32. The number of rotatable bonds is 1. The third-order valence-electron chi connectivity index (χ3n) is 4.58. The first kappa shape index (κ1) is 14.6. The van der Waals surface area contributed by atoms with E-state index in [1.807, 2.05) is 27.8 Å². The van der Waals surface area contributed by atoms with Crippen LogP contribution < -0.4 is 0 Å². The molecule has 4 heteroatoms. The Hall–Kier alpha value is -0.770. The van der Waals surface area contributed by atoms with E-state index in [2.05, 4.69) is 0 Å². The van der Waals surface area contributed by atoms with Gasteiger partial charge in [-0.2, -0.15) is 0 Å². The smallest absolute Gasteiger partial charge is 0.410 e. The monoisotopic (exact) mass is 269 g/mol. The van der Waals surface area contributed by atoms with E-state index in [1.54, 1.807) is 4.90 Å². The second-order valence-corrected chi connectivity index (χ2v) is 7.38. The molecule has 0 aromatic rings. The topological polar surface area (TPSA) is 49.8 Å². The largest absolute Gasteiger partial charge is 0.444 e. The van der Waals surface area contributed by atoms with Gasteiger partial charge in [0.05, 0.1) is 6.10 Å². The van der Waals surface area contributed by atoms with E-state index in [4.69, 9.17) is 4.74 Å². The summed E-state index contributed by atoms with van der Waals surface area (Å²) < 4.78 is 5.40. The molecule has 0 unspecified atom stereocenters. The summed E-state index contributed by atoms with van der Waals surface area (Å²) in [6.07, 6.45) is 5.85. The molecule has 0 aliphatic heterocycles. The zero-order valence-electron chi connectivity index (χ0n) is 12.6. The quantitative estimate of drug-likeness (QED) is 0.796. The minimum Gasteiger partial charge on any atom is -0.444 e. The minimum absolute atomic E-state index is 0.103. The highest BCUT2D eigenvalue weighted by molar-refractivity contribution is 5.68. The van der Waals surface area contributed by atoms with Crippen LogP contribution in [0.1, 0.15) is 59.3 Å². The molecule has 110 valence electrons. The van der Waals surface area contributed by atoms with E-state index < -0.39 is 5.60 Å². The maximum atomic E-state index is 12.0. The average molecular weight is 269 g/mol. The molecule has 0 saturated heterocycles. The number of aliphatic hydroxyl groups excluding tert-OH is 1. The molecule has 2 rings (SSSR count). The lowest BCUT2D eigenvalue weighted by molar-refractivity contribution is -0.0504. The van der Waals surface area contributed by atoms with Crippen LogP contribution in [0.25, 0.3) is 0 Å². The average Bonchev–Trinajstić information content (AvgIpc) is 2.24. The van der Waals surface area contributed by atoms with Gasteiger partial charge < -0.3 is 14.7 Å². The van der Waals surface area contributed by atoms with Crippen molar-refractivity contribution in [1.82, 2.24) is 4.90 Å². The van der Waals surface area contributed by atoms with Crippen LogP contribution >= 0.6 is 0 Å². The van der Waals surface area contributed by atoms with Crippen LogP contribution in [0.5, 0.6) is 0 Å². The van der Waals surface area contributed by atoms with Gasteiger partial charge in [-0.05, 0) is 64.7 Å². The molecule has 1 spiro atoms. The Bertz CT molecular complexity index is 332. The van der Waals surface area contributed by atoms with Crippen molar-refractivity contribution in [1.29, 1.82) is 0 Å². The Kier molecular flexibility index (Phi) is 3.83. The molecule has 0 radical (unpaired) electrons. The third-order valence-corrected chi connectivity index (χ3v) is 4.58. The molecular formula is C15H27NO3. The minimum atomic E-state index is -0.429. The van der Waals surface area contributed by atoms with Crippen molar-refractivity contribution in [3.05, 3.63) is 0 Å². The number of aliphatic hydroxyl groups is 1. The molecule has 1 N–H and O–H groups in total. The summed E-state index contributed by atoms with van der Waals surface area (Å²) in [6.45, 7) is 5.68. The number of ether oxygens (including phenoxy) is 1. The highest BCUT2D eigenvalue weighted by Gasteiger charge is 2.48. The lowest BCUT2D eigenvalue weighted by Crippen LogP contribution is -2.53. The lowest BCUT2D eigenvalue weighted by atomic mass is 9.58. The first-order chi connectivity index (χ1) is 8.71. The second kappa shape index (κ2) is 4.97. The van der Waals surface area contributed by atoms with Crippen molar-refractivity contribution in [2.45, 2.75) is 77.0 Å². The number of carbonyl (C=O) groups excluding carboxylic acids is 1. The number of hydrogen-bond acceptors (Lipinski definition) is 3. The van der Waals surface area contributed by atoms with Crippen LogP contribution in [0.3, 0.4) is 0 Å². The third kappa shape index (κ3) is 3.41. The van der Waals surface area contributed by atoms with Crippen molar-refractivity contribution in [3.8, 4) is 0 Å². The molecule has 0 bridgehead atoms. The molecule has 0 aromatic carbocycles. The molecule has 1 amide bonds. The highest BCUT2D eigenvalue weighted by atomic mass is 16.6. The summed E-state index contributed by atoms with van der Waals surface area (Å²) in [4.78, 5) is 13.7. The predicted octanol–water partition coefficient (Wildman–Crippen LogP) is 2.94. The number of nitrogens with zero attached hydrogens (tertiary/aromatic N) is 1. The highest BCUT2D eigenvalue weighted by Crippen LogP contribution is 2.53. The van der Waals surface area contributed by atoms with Gasteiger partial charge in [-0.3, -0.25) is 0 Å².